The summed E-state index contributed by atoms with van der Waals surface area (Å²) in [5, 5.41) is 9.36. The summed E-state index contributed by atoms with van der Waals surface area (Å²) in [5.41, 5.74) is 1.88. The van der Waals surface area contributed by atoms with Crippen LogP contribution in [-0.4, -0.2) is 24.9 Å². The van der Waals surface area contributed by atoms with E-state index in [-0.39, 0.29) is 11.8 Å². The van der Waals surface area contributed by atoms with Crippen LogP contribution >= 0.6 is 11.3 Å². The van der Waals surface area contributed by atoms with E-state index in [1.54, 1.807) is 11.4 Å². The summed E-state index contributed by atoms with van der Waals surface area (Å²) in [6.45, 7) is 3.09. The van der Waals surface area contributed by atoms with Gasteiger partial charge in [0.1, 0.15) is 0 Å². The first-order valence-corrected chi connectivity index (χ1v) is 8.77. The fourth-order valence-corrected chi connectivity index (χ4v) is 2.97. The monoisotopic (exact) mass is 330 g/mol. The first-order valence-electron chi connectivity index (χ1n) is 7.82. The number of nitrogens with one attached hydrogen (secondary N) is 2. The number of benzene rings is 1. The maximum absolute atomic E-state index is 11.9. The normalized spacial score (nSPS) is 11.7. The van der Waals surface area contributed by atoms with Crippen LogP contribution in [0.2, 0.25) is 0 Å². The molecule has 2 amide bonds. The summed E-state index contributed by atoms with van der Waals surface area (Å²) < 4.78 is 0. The van der Waals surface area contributed by atoms with Gasteiger partial charge in [0, 0.05) is 36.4 Å². The molecule has 23 heavy (non-hydrogen) atoms. The minimum atomic E-state index is -0.130. The Labute approximate surface area is 140 Å². The molecule has 0 saturated carbocycles. The van der Waals surface area contributed by atoms with Crippen molar-refractivity contribution < 1.29 is 9.59 Å². The Kier molecular flexibility index (Phi) is 6.81. The Bertz CT molecular complexity index is 611. The molecule has 0 bridgehead atoms. The molecule has 2 rings (SSSR count). The highest BCUT2D eigenvalue weighted by Gasteiger charge is 2.11. The number of rotatable bonds is 8. The van der Waals surface area contributed by atoms with Gasteiger partial charge in [0.15, 0.2) is 0 Å². The van der Waals surface area contributed by atoms with Gasteiger partial charge in [-0.25, -0.2) is 0 Å². The smallest absolute Gasteiger partial charge is 0.252 e. The lowest BCUT2D eigenvalue weighted by Crippen LogP contribution is -2.32. The lowest BCUT2D eigenvalue weighted by Gasteiger charge is -2.16. The van der Waals surface area contributed by atoms with Crippen molar-refractivity contribution in [3.63, 3.8) is 0 Å². The fraction of sp³-hybridized carbons (Fsp3) is 0.333. The number of carbonyl (C=O) groups is 2. The van der Waals surface area contributed by atoms with Crippen LogP contribution in [-0.2, 0) is 4.79 Å². The van der Waals surface area contributed by atoms with Gasteiger partial charge in [0.05, 0.1) is 0 Å². The molecule has 2 aromatic rings. The number of amides is 2. The molecule has 1 aromatic heterocycles. The van der Waals surface area contributed by atoms with Gasteiger partial charge in [-0.2, -0.15) is 11.3 Å². The Balaban J connectivity index is 1.69. The quantitative estimate of drug-likeness (QED) is 0.781. The lowest BCUT2D eigenvalue weighted by atomic mass is 9.96. The highest BCUT2D eigenvalue weighted by atomic mass is 32.1. The van der Waals surface area contributed by atoms with Crippen molar-refractivity contribution in [2.45, 2.75) is 25.7 Å². The van der Waals surface area contributed by atoms with E-state index in [0.29, 0.717) is 31.0 Å². The molecule has 0 aliphatic rings. The van der Waals surface area contributed by atoms with Crippen LogP contribution in [0.3, 0.4) is 0 Å². The van der Waals surface area contributed by atoms with E-state index < -0.39 is 0 Å². The summed E-state index contributed by atoms with van der Waals surface area (Å²) >= 11 is 1.48. The van der Waals surface area contributed by atoms with E-state index in [1.165, 1.54) is 16.9 Å². The van der Waals surface area contributed by atoms with Crippen molar-refractivity contribution in [3.8, 4) is 0 Å². The van der Waals surface area contributed by atoms with Gasteiger partial charge < -0.3 is 10.6 Å². The van der Waals surface area contributed by atoms with Crippen LogP contribution in [0.15, 0.2) is 47.2 Å². The molecule has 4 nitrogen and oxygen atoms in total. The first-order chi connectivity index (χ1) is 11.2. The Morgan fingerprint density at radius 1 is 1.13 bits per heavy atom. The zero-order valence-corrected chi connectivity index (χ0v) is 14.1. The first kappa shape index (κ1) is 17.2. The Hall–Kier alpha value is -2.14. The van der Waals surface area contributed by atoms with E-state index in [1.807, 2.05) is 23.6 Å². The van der Waals surface area contributed by atoms with Crippen LogP contribution in [0.25, 0.3) is 0 Å². The molecule has 5 heteroatoms. The third kappa shape index (κ3) is 5.53. The molecule has 0 saturated heterocycles. The van der Waals surface area contributed by atoms with Crippen LogP contribution in [0, 0.1) is 0 Å². The molecule has 0 fully saturated rings. The molecule has 0 aliphatic carbocycles. The van der Waals surface area contributed by atoms with Gasteiger partial charge in [-0.1, -0.05) is 37.3 Å². The molecule has 0 spiro atoms. The van der Waals surface area contributed by atoms with E-state index in [9.17, 15) is 9.59 Å². The van der Waals surface area contributed by atoms with E-state index in [2.05, 4.69) is 29.7 Å². The van der Waals surface area contributed by atoms with Crippen molar-refractivity contribution in [1.29, 1.82) is 0 Å². The minimum Gasteiger partial charge on any atom is -0.355 e. The van der Waals surface area contributed by atoms with Crippen molar-refractivity contribution in [1.82, 2.24) is 10.6 Å². The molecule has 1 heterocycles. The van der Waals surface area contributed by atoms with Gasteiger partial charge in [-0.05, 0) is 23.4 Å². The Morgan fingerprint density at radius 2 is 1.91 bits per heavy atom. The summed E-state index contributed by atoms with van der Waals surface area (Å²) in [5.74, 6) is 0.153. The number of carbonyl (C=O) groups excluding carboxylic acids is 2. The zero-order valence-electron chi connectivity index (χ0n) is 13.2. The molecule has 1 atom stereocenters. The average Bonchev–Trinajstić information content (AvgIpc) is 3.11. The van der Waals surface area contributed by atoms with Crippen molar-refractivity contribution >= 4 is 23.2 Å². The zero-order chi connectivity index (χ0) is 16.5. The van der Waals surface area contributed by atoms with E-state index in [0.717, 1.165) is 6.42 Å². The molecule has 1 aromatic carbocycles. The van der Waals surface area contributed by atoms with Crippen molar-refractivity contribution in [2.24, 2.45) is 0 Å². The molecule has 122 valence electrons. The van der Waals surface area contributed by atoms with Gasteiger partial charge >= 0.3 is 0 Å². The van der Waals surface area contributed by atoms with Crippen molar-refractivity contribution in [3.05, 3.63) is 58.3 Å². The standard InChI is InChI=1S/C18H22N2O2S/c1-2-14(15-6-4-3-5-7-15)12-20-17(21)8-10-19-18(22)16-9-11-23-13-16/h3-7,9,11,13-14H,2,8,10,12H2,1H3,(H,19,22)(H,20,21)/t14-/m1/s1. The van der Waals surface area contributed by atoms with Crippen molar-refractivity contribution in [2.75, 3.05) is 13.1 Å². The molecular formula is C18H22N2O2S. The second kappa shape index (κ2) is 9.10. The van der Waals surface area contributed by atoms with Gasteiger partial charge in [-0.15, -0.1) is 0 Å². The second-order valence-corrected chi connectivity index (χ2v) is 6.12. The topological polar surface area (TPSA) is 58.2 Å². The fourth-order valence-electron chi connectivity index (χ4n) is 2.33. The van der Waals surface area contributed by atoms with Gasteiger partial charge in [0.25, 0.3) is 5.91 Å². The maximum Gasteiger partial charge on any atom is 0.252 e. The number of hydrogen-bond acceptors (Lipinski definition) is 3. The summed E-state index contributed by atoms with van der Waals surface area (Å²) in [6, 6.07) is 12.0. The number of hydrogen-bond donors (Lipinski definition) is 2. The predicted octanol–water partition coefficient (Wildman–Crippen LogP) is 3.18. The highest BCUT2D eigenvalue weighted by molar-refractivity contribution is 7.08. The van der Waals surface area contributed by atoms with Crippen LogP contribution in [0.4, 0.5) is 0 Å². The largest absolute Gasteiger partial charge is 0.355 e. The molecule has 0 unspecified atom stereocenters. The van der Waals surface area contributed by atoms with Crippen LogP contribution in [0.5, 0.6) is 0 Å². The lowest BCUT2D eigenvalue weighted by molar-refractivity contribution is -0.121. The average molecular weight is 330 g/mol. The minimum absolute atomic E-state index is 0.0370. The predicted molar refractivity (Wildman–Crippen MR) is 93.8 cm³/mol. The van der Waals surface area contributed by atoms with Crippen LogP contribution in [0.1, 0.15) is 41.6 Å². The third-order valence-electron chi connectivity index (χ3n) is 3.73. The van der Waals surface area contributed by atoms with E-state index >= 15 is 0 Å². The third-order valence-corrected chi connectivity index (χ3v) is 4.41. The number of thiophene rings is 1. The molecule has 0 radical (unpaired) electrons. The van der Waals surface area contributed by atoms with Gasteiger partial charge in [0.2, 0.25) is 5.91 Å². The Morgan fingerprint density at radius 3 is 2.57 bits per heavy atom. The van der Waals surface area contributed by atoms with Gasteiger partial charge in [-0.3, -0.25) is 9.59 Å². The molecule has 0 aliphatic heterocycles. The van der Waals surface area contributed by atoms with E-state index in [4.69, 9.17) is 0 Å². The summed E-state index contributed by atoms with van der Waals surface area (Å²) in [4.78, 5) is 23.7. The van der Waals surface area contributed by atoms with Crippen LogP contribution < -0.4 is 10.6 Å². The maximum atomic E-state index is 11.9. The molecular weight excluding hydrogens is 308 g/mol. The second-order valence-electron chi connectivity index (χ2n) is 5.34. The summed E-state index contributed by atoms with van der Waals surface area (Å²) in [7, 11) is 0. The molecule has 2 N–H and O–H groups in total. The SMILES string of the molecule is CC[C@H](CNC(=O)CCNC(=O)c1ccsc1)c1ccccc1. The highest BCUT2D eigenvalue weighted by Crippen LogP contribution is 2.17. The summed E-state index contributed by atoms with van der Waals surface area (Å²) in [6.07, 6.45) is 1.26.